The maximum atomic E-state index is 12.1. The Kier molecular flexibility index (Phi) is 4.66. The monoisotopic (exact) mass is 369 g/mol. The van der Waals surface area contributed by atoms with Crippen LogP contribution in [0.15, 0.2) is 62.7 Å². The Balaban J connectivity index is 2.27. The molecule has 2 aromatic carbocycles. The van der Waals surface area contributed by atoms with Crippen molar-refractivity contribution in [1.29, 1.82) is 0 Å². The van der Waals surface area contributed by atoms with E-state index in [0.717, 1.165) is 0 Å². The van der Waals surface area contributed by atoms with Crippen LogP contribution in [0.4, 0.5) is 11.4 Å². The van der Waals surface area contributed by atoms with Crippen molar-refractivity contribution in [2.75, 3.05) is 11.5 Å². The number of anilines is 2. The van der Waals surface area contributed by atoms with Gasteiger partial charge in [-0.05, 0) is 48.5 Å². The zero-order valence-electron chi connectivity index (χ0n) is 12.2. The quantitative estimate of drug-likeness (QED) is 0.329. The lowest BCUT2D eigenvalue weighted by atomic mass is 10.3. The number of nitrogen functional groups attached to an aromatic ring is 2. The normalized spacial score (nSPS) is 12.8. The van der Waals surface area contributed by atoms with Crippen molar-refractivity contribution in [1.82, 2.24) is 4.72 Å². The summed E-state index contributed by atoms with van der Waals surface area (Å²) in [4.78, 5) is -0.314. The highest BCUT2D eigenvalue weighted by Gasteiger charge is 2.18. The summed E-state index contributed by atoms with van der Waals surface area (Å²) < 4.78 is 53.4. The molecule has 0 amide bonds. The van der Waals surface area contributed by atoms with Crippen molar-refractivity contribution in [2.24, 2.45) is 10.1 Å². The van der Waals surface area contributed by atoms with Gasteiger partial charge in [-0.25, -0.2) is 13.1 Å². The van der Waals surface area contributed by atoms with E-state index in [2.05, 4.69) is 4.40 Å². The molecule has 0 aliphatic heterocycles. The molecule has 0 aliphatic rings. The maximum Gasteiger partial charge on any atom is 0.285 e. The highest BCUT2D eigenvalue weighted by atomic mass is 32.2. The van der Waals surface area contributed by atoms with Gasteiger partial charge in [-0.3, -0.25) is 0 Å². The van der Waals surface area contributed by atoms with E-state index in [1.54, 1.807) is 0 Å². The molecule has 7 N–H and O–H groups in total. The first-order valence-corrected chi connectivity index (χ1v) is 9.37. The molecular formula is C13H15N5O4S2. The number of nitrogens with two attached hydrogens (primary N) is 3. The van der Waals surface area contributed by atoms with E-state index in [0.29, 0.717) is 11.4 Å². The molecule has 24 heavy (non-hydrogen) atoms. The molecule has 0 fully saturated rings. The molecular weight excluding hydrogens is 354 g/mol. The van der Waals surface area contributed by atoms with Crippen LogP contribution in [0, 0.1) is 0 Å². The lowest BCUT2D eigenvalue weighted by Crippen LogP contribution is -2.37. The van der Waals surface area contributed by atoms with Crippen LogP contribution in [0.3, 0.4) is 0 Å². The van der Waals surface area contributed by atoms with Gasteiger partial charge in [0, 0.05) is 11.4 Å². The van der Waals surface area contributed by atoms with E-state index >= 15 is 0 Å². The van der Waals surface area contributed by atoms with Gasteiger partial charge in [-0.2, -0.15) is 8.42 Å². The Labute approximate surface area is 139 Å². The first kappa shape index (κ1) is 17.6. The van der Waals surface area contributed by atoms with Crippen LogP contribution in [0.5, 0.6) is 0 Å². The fourth-order valence-electron chi connectivity index (χ4n) is 1.68. The third-order valence-corrected chi connectivity index (χ3v) is 5.50. The number of nitrogens with one attached hydrogen (secondary N) is 1. The molecule has 0 bridgehead atoms. The molecule has 0 aromatic heterocycles. The number of hydrogen-bond donors (Lipinski definition) is 4. The summed E-state index contributed by atoms with van der Waals surface area (Å²) in [5.41, 5.74) is 17.1. The van der Waals surface area contributed by atoms with Crippen molar-refractivity contribution in [3.05, 3.63) is 48.5 Å². The number of rotatable bonds is 4. The Bertz CT molecular complexity index is 966. The predicted octanol–water partition coefficient (Wildman–Crippen LogP) is -0.167. The second-order valence-corrected chi connectivity index (χ2v) is 7.98. The lowest BCUT2D eigenvalue weighted by molar-refractivity contribution is 0.592. The third-order valence-electron chi connectivity index (χ3n) is 2.83. The van der Waals surface area contributed by atoms with Crippen LogP contribution < -0.4 is 21.9 Å². The van der Waals surface area contributed by atoms with Crippen LogP contribution >= 0.6 is 0 Å². The summed E-state index contributed by atoms with van der Waals surface area (Å²) in [7, 11) is -8.26. The van der Waals surface area contributed by atoms with Crippen LogP contribution in [-0.2, 0) is 20.0 Å². The molecule has 9 nitrogen and oxygen atoms in total. The molecule has 2 rings (SSSR count). The minimum atomic E-state index is -4.18. The van der Waals surface area contributed by atoms with Crippen LogP contribution in [0.1, 0.15) is 0 Å². The Hall–Kier alpha value is -2.79. The number of guanidine groups is 1. The predicted molar refractivity (Wildman–Crippen MR) is 90.8 cm³/mol. The largest absolute Gasteiger partial charge is 0.399 e. The summed E-state index contributed by atoms with van der Waals surface area (Å²) in [6.07, 6.45) is 0. The number of nitrogens with zero attached hydrogens (tertiary/aromatic N) is 1. The lowest BCUT2D eigenvalue weighted by Gasteiger charge is -2.07. The van der Waals surface area contributed by atoms with Crippen LogP contribution in [0.25, 0.3) is 0 Å². The summed E-state index contributed by atoms with van der Waals surface area (Å²) in [6.45, 7) is 0. The SMILES string of the molecule is N/C(=N/S(=O)(=O)c1ccc(N)cc1)NS(=O)(=O)c1ccc(N)cc1. The average Bonchev–Trinajstić information content (AvgIpc) is 2.46. The van der Waals surface area contributed by atoms with Gasteiger partial charge in [0.15, 0.2) is 0 Å². The smallest absolute Gasteiger partial charge is 0.285 e. The van der Waals surface area contributed by atoms with Crippen LogP contribution in [-0.4, -0.2) is 22.8 Å². The molecule has 2 aromatic rings. The summed E-state index contributed by atoms with van der Waals surface area (Å²) >= 11 is 0. The molecule has 0 aliphatic carbocycles. The Morgan fingerprint density at radius 3 is 1.67 bits per heavy atom. The van der Waals surface area contributed by atoms with Gasteiger partial charge in [0.2, 0.25) is 5.96 Å². The Morgan fingerprint density at radius 2 is 1.21 bits per heavy atom. The van der Waals surface area contributed by atoms with Gasteiger partial charge < -0.3 is 17.2 Å². The second kappa shape index (κ2) is 6.37. The van der Waals surface area contributed by atoms with Gasteiger partial charge in [-0.15, -0.1) is 4.40 Å². The zero-order chi connectivity index (χ0) is 18.0. The van der Waals surface area contributed by atoms with E-state index in [-0.39, 0.29) is 9.79 Å². The minimum Gasteiger partial charge on any atom is -0.399 e. The molecule has 0 radical (unpaired) electrons. The van der Waals surface area contributed by atoms with E-state index in [4.69, 9.17) is 17.2 Å². The third kappa shape index (κ3) is 4.14. The molecule has 0 spiro atoms. The molecule has 0 saturated carbocycles. The first-order chi connectivity index (χ1) is 11.1. The summed E-state index contributed by atoms with van der Waals surface area (Å²) in [6, 6.07) is 10.5. The average molecular weight is 369 g/mol. The van der Waals surface area contributed by atoms with Crippen molar-refractivity contribution in [3.8, 4) is 0 Å². The van der Waals surface area contributed by atoms with Gasteiger partial charge in [0.05, 0.1) is 9.79 Å². The van der Waals surface area contributed by atoms with Crippen molar-refractivity contribution >= 4 is 37.4 Å². The first-order valence-electron chi connectivity index (χ1n) is 6.44. The highest BCUT2D eigenvalue weighted by Crippen LogP contribution is 2.15. The van der Waals surface area contributed by atoms with Gasteiger partial charge in [-0.1, -0.05) is 0 Å². The highest BCUT2D eigenvalue weighted by molar-refractivity contribution is 7.91. The van der Waals surface area contributed by atoms with E-state index in [1.165, 1.54) is 48.5 Å². The summed E-state index contributed by atoms with van der Waals surface area (Å²) in [5.74, 6) is -0.788. The summed E-state index contributed by atoms with van der Waals surface area (Å²) in [5, 5.41) is 0. The topological polar surface area (TPSA) is 171 Å². The van der Waals surface area contributed by atoms with E-state index in [1.807, 2.05) is 4.72 Å². The Morgan fingerprint density at radius 1 is 0.792 bits per heavy atom. The molecule has 0 saturated heterocycles. The maximum absolute atomic E-state index is 12.1. The van der Waals surface area contributed by atoms with Crippen LogP contribution in [0.2, 0.25) is 0 Å². The van der Waals surface area contributed by atoms with E-state index < -0.39 is 26.0 Å². The van der Waals surface area contributed by atoms with Gasteiger partial charge in [0.1, 0.15) is 0 Å². The molecule has 0 unspecified atom stereocenters. The number of benzene rings is 2. The van der Waals surface area contributed by atoms with Crippen molar-refractivity contribution in [3.63, 3.8) is 0 Å². The fourth-order valence-corrected chi connectivity index (χ4v) is 3.57. The van der Waals surface area contributed by atoms with Crippen molar-refractivity contribution < 1.29 is 16.8 Å². The minimum absolute atomic E-state index is 0.139. The molecule has 0 heterocycles. The molecule has 0 atom stereocenters. The standard InChI is InChI=1S/C13H15N5O4S2/c14-9-1-5-11(6-2-9)23(19,20)17-13(16)18-24(21,22)12-7-3-10(15)4-8-12/h1-8H,14-15H2,(H3,16,17,18). The second-order valence-electron chi connectivity index (χ2n) is 4.70. The van der Waals surface area contributed by atoms with Crippen molar-refractivity contribution in [2.45, 2.75) is 9.79 Å². The molecule has 11 heteroatoms. The molecule has 128 valence electrons. The van der Waals surface area contributed by atoms with E-state index in [9.17, 15) is 16.8 Å². The van der Waals surface area contributed by atoms with Gasteiger partial charge >= 0.3 is 0 Å². The number of hydrogen-bond acceptors (Lipinski definition) is 6. The number of sulfonamides is 2. The van der Waals surface area contributed by atoms with Gasteiger partial charge in [0.25, 0.3) is 20.0 Å². The zero-order valence-corrected chi connectivity index (χ0v) is 13.9. The fraction of sp³-hybridized carbons (Fsp3) is 0.